The molecule has 2 aromatic rings. The van der Waals surface area contributed by atoms with Crippen molar-refractivity contribution in [2.45, 2.75) is 20.8 Å². The molecule has 0 unspecified atom stereocenters. The van der Waals surface area contributed by atoms with Crippen LogP contribution >= 0.6 is 0 Å². The molecule has 0 saturated heterocycles. The van der Waals surface area contributed by atoms with Crippen LogP contribution in [0.1, 0.15) is 16.7 Å². The van der Waals surface area contributed by atoms with Gasteiger partial charge in [-0.1, -0.05) is 17.7 Å². The number of rotatable bonds is 4. The fraction of sp³-hybridized carbons (Fsp3) is 0.333. The summed E-state index contributed by atoms with van der Waals surface area (Å²) in [4.78, 5) is 8.53. The van der Waals surface area contributed by atoms with E-state index in [2.05, 4.69) is 48.2 Å². The molecule has 0 aliphatic carbocycles. The lowest BCUT2D eigenvalue weighted by Crippen LogP contribution is -2.08. The number of benzene rings is 1. The van der Waals surface area contributed by atoms with E-state index in [4.69, 9.17) is 5.11 Å². The number of hydrogen-bond donors (Lipinski definition) is 2. The molecule has 0 radical (unpaired) electrons. The molecule has 0 atom stereocenters. The van der Waals surface area contributed by atoms with Gasteiger partial charge in [0.15, 0.2) is 0 Å². The summed E-state index contributed by atoms with van der Waals surface area (Å²) in [5.41, 5.74) is 5.94. The second-order valence-corrected chi connectivity index (χ2v) is 4.72. The quantitative estimate of drug-likeness (QED) is 0.883. The molecule has 0 aliphatic heterocycles. The van der Waals surface area contributed by atoms with Crippen molar-refractivity contribution in [1.29, 1.82) is 0 Å². The van der Waals surface area contributed by atoms with Gasteiger partial charge < -0.3 is 10.4 Å². The minimum atomic E-state index is 0.0707. The average Bonchev–Trinajstić information content (AvgIpc) is 2.36. The summed E-state index contributed by atoms with van der Waals surface area (Å²) in [7, 11) is 0. The van der Waals surface area contributed by atoms with Gasteiger partial charge in [-0.2, -0.15) is 0 Å². The Labute approximate surface area is 113 Å². The van der Waals surface area contributed by atoms with Gasteiger partial charge in [0.05, 0.1) is 6.61 Å². The predicted molar refractivity (Wildman–Crippen MR) is 77.3 cm³/mol. The number of hydrogen-bond acceptors (Lipinski definition) is 4. The predicted octanol–water partition coefficient (Wildman–Crippen LogP) is 2.47. The zero-order valence-corrected chi connectivity index (χ0v) is 11.6. The molecule has 0 fully saturated rings. The smallest absolute Gasteiger partial charge is 0.222 e. The Hall–Kier alpha value is -1.94. The van der Waals surface area contributed by atoms with Crippen molar-refractivity contribution in [2.24, 2.45) is 0 Å². The normalized spacial score (nSPS) is 10.5. The standard InChI is InChI=1S/C15H19N3O/c1-10-6-11(2)14(12(3)7-10)13-8-17-15(18-9-13)16-4-5-19/h6-9,19H,4-5H2,1-3H3,(H,16,17,18). The number of anilines is 1. The number of aliphatic hydroxyl groups is 1. The Bertz CT molecular complexity index is 541. The first-order chi connectivity index (χ1) is 9.11. The van der Waals surface area contributed by atoms with E-state index in [1.807, 2.05) is 12.4 Å². The lowest BCUT2D eigenvalue weighted by molar-refractivity contribution is 0.311. The van der Waals surface area contributed by atoms with Crippen LogP contribution in [0.4, 0.5) is 5.95 Å². The van der Waals surface area contributed by atoms with Gasteiger partial charge in [0.1, 0.15) is 0 Å². The molecule has 1 heterocycles. The van der Waals surface area contributed by atoms with E-state index < -0.39 is 0 Å². The van der Waals surface area contributed by atoms with Crippen LogP contribution in [-0.4, -0.2) is 28.2 Å². The average molecular weight is 257 g/mol. The summed E-state index contributed by atoms with van der Waals surface area (Å²) >= 11 is 0. The minimum absolute atomic E-state index is 0.0707. The molecule has 2 rings (SSSR count). The lowest BCUT2D eigenvalue weighted by Gasteiger charge is -2.11. The highest BCUT2D eigenvalue weighted by Gasteiger charge is 2.07. The Morgan fingerprint density at radius 2 is 1.63 bits per heavy atom. The third kappa shape index (κ3) is 3.09. The zero-order valence-electron chi connectivity index (χ0n) is 11.6. The number of nitrogens with one attached hydrogen (secondary N) is 1. The van der Waals surface area contributed by atoms with Crippen LogP contribution in [0, 0.1) is 20.8 Å². The number of aryl methyl sites for hydroxylation is 3. The second kappa shape index (κ2) is 5.80. The summed E-state index contributed by atoms with van der Waals surface area (Å²) in [6.45, 7) is 6.84. The highest BCUT2D eigenvalue weighted by atomic mass is 16.3. The summed E-state index contributed by atoms with van der Waals surface area (Å²) in [6, 6.07) is 4.33. The molecular formula is C15H19N3O. The largest absolute Gasteiger partial charge is 0.395 e. The Balaban J connectivity index is 2.32. The van der Waals surface area contributed by atoms with E-state index in [9.17, 15) is 0 Å². The van der Waals surface area contributed by atoms with Crippen molar-refractivity contribution in [2.75, 3.05) is 18.5 Å². The van der Waals surface area contributed by atoms with Crippen LogP contribution in [0.3, 0.4) is 0 Å². The molecule has 4 nitrogen and oxygen atoms in total. The van der Waals surface area contributed by atoms with Gasteiger partial charge >= 0.3 is 0 Å². The van der Waals surface area contributed by atoms with Gasteiger partial charge in [-0.25, -0.2) is 9.97 Å². The fourth-order valence-electron chi connectivity index (χ4n) is 2.35. The third-order valence-electron chi connectivity index (χ3n) is 3.01. The van der Waals surface area contributed by atoms with Crippen LogP contribution in [0.25, 0.3) is 11.1 Å². The topological polar surface area (TPSA) is 58.0 Å². The van der Waals surface area contributed by atoms with Gasteiger partial charge in [-0.05, 0) is 37.5 Å². The van der Waals surface area contributed by atoms with E-state index >= 15 is 0 Å². The van der Waals surface area contributed by atoms with Gasteiger partial charge in [0.2, 0.25) is 5.95 Å². The van der Waals surface area contributed by atoms with Crippen molar-refractivity contribution < 1.29 is 5.11 Å². The Morgan fingerprint density at radius 3 is 2.16 bits per heavy atom. The highest BCUT2D eigenvalue weighted by molar-refractivity contribution is 5.70. The van der Waals surface area contributed by atoms with E-state index in [1.54, 1.807) is 0 Å². The Kier molecular flexibility index (Phi) is 4.12. The SMILES string of the molecule is Cc1cc(C)c(-c2cnc(NCCO)nc2)c(C)c1. The van der Waals surface area contributed by atoms with Crippen molar-refractivity contribution in [3.63, 3.8) is 0 Å². The van der Waals surface area contributed by atoms with Crippen LogP contribution in [-0.2, 0) is 0 Å². The summed E-state index contributed by atoms with van der Waals surface area (Å²) in [5, 5.41) is 11.7. The molecule has 100 valence electrons. The van der Waals surface area contributed by atoms with Crippen LogP contribution < -0.4 is 5.32 Å². The zero-order chi connectivity index (χ0) is 13.8. The molecule has 0 bridgehead atoms. The first-order valence-corrected chi connectivity index (χ1v) is 6.37. The highest BCUT2D eigenvalue weighted by Crippen LogP contribution is 2.27. The fourth-order valence-corrected chi connectivity index (χ4v) is 2.35. The maximum Gasteiger partial charge on any atom is 0.222 e. The molecule has 19 heavy (non-hydrogen) atoms. The van der Waals surface area contributed by atoms with Crippen LogP contribution in [0.15, 0.2) is 24.5 Å². The minimum Gasteiger partial charge on any atom is -0.395 e. The van der Waals surface area contributed by atoms with E-state index in [-0.39, 0.29) is 6.61 Å². The second-order valence-electron chi connectivity index (χ2n) is 4.72. The molecule has 4 heteroatoms. The van der Waals surface area contributed by atoms with Crippen molar-refractivity contribution in [3.05, 3.63) is 41.2 Å². The summed E-state index contributed by atoms with van der Waals surface area (Å²) in [5.74, 6) is 0.542. The Morgan fingerprint density at radius 1 is 1.05 bits per heavy atom. The number of aromatic nitrogens is 2. The molecule has 0 amide bonds. The maximum atomic E-state index is 8.74. The van der Waals surface area contributed by atoms with Crippen molar-refractivity contribution >= 4 is 5.95 Å². The maximum absolute atomic E-state index is 8.74. The summed E-state index contributed by atoms with van der Waals surface area (Å²) in [6.07, 6.45) is 3.63. The van der Waals surface area contributed by atoms with E-state index in [0.29, 0.717) is 12.5 Å². The summed E-state index contributed by atoms with van der Waals surface area (Å²) < 4.78 is 0. The van der Waals surface area contributed by atoms with Crippen molar-refractivity contribution in [1.82, 2.24) is 9.97 Å². The van der Waals surface area contributed by atoms with Gasteiger partial charge in [0.25, 0.3) is 0 Å². The monoisotopic (exact) mass is 257 g/mol. The molecule has 1 aromatic carbocycles. The van der Waals surface area contributed by atoms with Crippen LogP contribution in [0.2, 0.25) is 0 Å². The third-order valence-corrected chi connectivity index (χ3v) is 3.01. The molecular weight excluding hydrogens is 238 g/mol. The first kappa shape index (κ1) is 13.5. The molecule has 1 aromatic heterocycles. The van der Waals surface area contributed by atoms with E-state index in [0.717, 1.165) is 5.56 Å². The molecule has 0 aliphatic rings. The van der Waals surface area contributed by atoms with Gasteiger partial charge in [-0.15, -0.1) is 0 Å². The molecule has 0 saturated carbocycles. The van der Waals surface area contributed by atoms with E-state index in [1.165, 1.54) is 22.3 Å². The van der Waals surface area contributed by atoms with Gasteiger partial charge in [-0.3, -0.25) is 0 Å². The van der Waals surface area contributed by atoms with Gasteiger partial charge in [0, 0.05) is 24.5 Å². The number of aliphatic hydroxyl groups excluding tert-OH is 1. The molecule has 0 spiro atoms. The van der Waals surface area contributed by atoms with Crippen LogP contribution in [0.5, 0.6) is 0 Å². The number of nitrogens with zero attached hydrogens (tertiary/aromatic N) is 2. The molecule has 2 N–H and O–H groups in total. The lowest BCUT2D eigenvalue weighted by atomic mass is 9.96. The first-order valence-electron chi connectivity index (χ1n) is 6.37. The van der Waals surface area contributed by atoms with Crippen molar-refractivity contribution in [3.8, 4) is 11.1 Å².